The zero-order chi connectivity index (χ0) is 13.5. The van der Waals surface area contributed by atoms with Crippen LogP contribution in [0.1, 0.15) is 32.9 Å². The van der Waals surface area contributed by atoms with E-state index in [0.717, 1.165) is 24.4 Å². The standard InChI is InChI=1S/C13H23N3OS/c1-5-6-14-11(9(2)3)8-18-13-15-10(4)7-12(17)16-13/h7,9,11,14H,5-6,8H2,1-4H3,(H,15,16,17). The molecule has 5 heteroatoms. The molecular weight excluding hydrogens is 246 g/mol. The quantitative estimate of drug-likeness (QED) is 0.588. The van der Waals surface area contributed by atoms with Gasteiger partial charge in [0.1, 0.15) is 0 Å². The first-order chi connectivity index (χ1) is 8.52. The first-order valence-corrected chi connectivity index (χ1v) is 7.45. The number of thioether (sulfide) groups is 1. The van der Waals surface area contributed by atoms with Crippen molar-refractivity contribution in [2.24, 2.45) is 5.92 Å². The summed E-state index contributed by atoms with van der Waals surface area (Å²) in [6, 6.07) is 1.96. The molecule has 0 fully saturated rings. The van der Waals surface area contributed by atoms with E-state index in [1.54, 1.807) is 11.8 Å². The molecule has 1 unspecified atom stereocenters. The molecule has 0 saturated carbocycles. The minimum atomic E-state index is -0.0763. The van der Waals surface area contributed by atoms with Gasteiger partial charge in [-0.25, -0.2) is 4.98 Å². The maximum Gasteiger partial charge on any atom is 0.251 e. The number of H-pyrrole nitrogens is 1. The summed E-state index contributed by atoms with van der Waals surface area (Å²) in [5, 5.41) is 4.24. The van der Waals surface area contributed by atoms with Gasteiger partial charge in [-0.3, -0.25) is 4.79 Å². The number of aromatic nitrogens is 2. The van der Waals surface area contributed by atoms with E-state index < -0.39 is 0 Å². The van der Waals surface area contributed by atoms with Crippen molar-refractivity contribution < 1.29 is 0 Å². The topological polar surface area (TPSA) is 57.8 Å². The number of hydrogen-bond acceptors (Lipinski definition) is 4. The summed E-state index contributed by atoms with van der Waals surface area (Å²) in [5.41, 5.74) is 0.691. The number of hydrogen-bond donors (Lipinski definition) is 2. The van der Waals surface area contributed by atoms with Crippen LogP contribution in [-0.2, 0) is 0 Å². The second kappa shape index (κ2) is 7.59. The van der Waals surface area contributed by atoms with E-state index in [9.17, 15) is 4.79 Å². The average molecular weight is 269 g/mol. The molecular formula is C13H23N3OS. The maximum absolute atomic E-state index is 11.3. The Kier molecular flexibility index (Phi) is 6.43. The molecule has 0 aliphatic rings. The molecule has 0 spiro atoms. The van der Waals surface area contributed by atoms with Crippen LogP contribution in [0.4, 0.5) is 0 Å². The predicted octanol–water partition coefficient (Wildman–Crippen LogP) is 2.19. The van der Waals surface area contributed by atoms with Crippen molar-refractivity contribution >= 4 is 11.8 Å². The van der Waals surface area contributed by atoms with Crippen LogP contribution in [0.15, 0.2) is 16.0 Å². The number of aryl methyl sites for hydroxylation is 1. The summed E-state index contributed by atoms with van der Waals surface area (Å²) in [6.45, 7) is 9.45. The monoisotopic (exact) mass is 269 g/mol. The van der Waals surface area contributed by atoms with Crippen molar-refractivity contribution in [3.05, 3.63) is 22.1 Å². The van der Waals surface area contributed by atoms with Gasteiger partial charge in [-0.2, -0.15) is 0 Å². The van der Waals surface area contributed by atoms with Gasteiger partial charge in [0.25, 0.3) is 5.56 Å². The van der Waals surface area contributed by atoms with Gasteiger partial charge in [0.05, 0.1) is 0 Å². The number of rotatable bonds is 7. The van der Waals surface area contributed by atoms with Gasteiger partial charge in [0.2, 0.25) is 0 Å². The second-order valence-electron chi connectivity index (χ2n) is 4.81. The molecule has 1 aromatic rings. The number of nitrogens with one attached hydrogen (secondary N) is 2. The molecule has 0 bridgehead atoms. The van der Waals surface area contributed by atoms with Crippen LogP contribution in [0.3, 0.4) is 0 Å². The maximum atomic E-state index is 11.3. The molecule has 1 aromatic heterocycles. The molecule has 102 valence electrons. The molecule has 1 heterocycles. The van der Waals surface area contributed by atoms with E-state index in [2.05, 4.69) is 36.1 Å². The summed E-state index contributed by atoms with van der Waals surface area (Å²) in [7, 11) is 0. The summed E-state index contributed by atoms with van der Waals surface area (Å²) in [4.78, 5) is 18.4. The Morgan fingerprint density at radius 2 is 2.22 bits per heavy atom. The molecule has 18 heavy (non-hydrogen) atoms. The first kappa shape index (κ1) is 15.2. The lowest BCUT2D eigenvalue weighted by atomic mass is 10.1. The minimum Gasteiger partial charge on any atom is -0.313 e. The third-order valence-electron chi connectivity index (χ3n) is 2.71. The molecule has 0 amide bonds. The van der Waals surface area contributed by atoms with Crippen LogP contribution in [0, 0.1) is 12.8 Å². The summed E-state index contributed by atoms with van der Waals surface area (Å²) in [6.07, 6.45) is 1.13. The van der Waals surface area contributed by atoms with Crippen LogP contribution in [-0.4, -0.2) is 28.3 Å². The zero-order valence-electron chi connectivity index (χ0n) is 11.6. The molecule has 2 N–H and O–H groups in total. The minimum absolute atomic E-state index is 0.0763. The predicted molar refractivity (Wildman–Crippen MR) is 77.2 cm³/mol. The van der Waals surface area contributed by atoms with Crippen LogP contribution < -0.4 is 10.9 Å². The van der Waals surface area contributed by atoms with E-state index in [0.29, 0.717) is 17.1 Å². The Labute approximate surface area is 113 Å². The lowest BCUT2D eigenvalue weighted by molar-refractivity contribution is 0.433. The van der Waals surface area contributed by atoms with Gasteiger partial charge in [-0.15, -0.1) is 0 Å². The van der Waals surface area contributed by atoms with E-state index in [1.807, 2.05) is 6.92 Å². The third kappa shape index (κ3) is 5.23. The van der Waals surface area contributed by atoms with Crippen LogP contribution >= 0.6 is 11.8 Å². The van der Waals surface area contributed by atoms with Crippen molar-refractivity contribution in [2.75, 3.05) is 12.3 Å². The highest BCUT2D eigenvalue weighted by Gasteiger charge is 2.13. The Bertz CT molecular complexity index is 417. The van der Waals surface area contributed by atoms with Crippen LogP contribution in [0.25, 0.3) is 0 Å². The van der Waals surface area contributed by atoms with Gasteiger partial charge in [0, 0.05) is 23.6 Å². The second-order valence-corrected chi connectivity index (χ2v) is 5.82. The van der Waals surface area contributed by atoms with Crippen molar-refractivity contribution in [2.45, 2.75) is 45.3 Å². The van der Waals surface area contributed by atoms with E-state index >= 15 is 0 Å². The summed E-state index contributed by atoms with van der Waals surface area (Å²) in [5.74, 6) is 1.49. The molecule has 0 radical (unpaired) electrons. The van der Waals surface area contributed by atoms with Crippen LogP contribution in [0.2, 0.25) is 0 Å². The first-order valence-electron chi connectivity index (χ1n) is 6.47. The van der Waals surface area contributed by atoms with Gasteiger partial charge in [-0.1, -0.05) is 32.5 Å². The van der Waals surface area contributed by atoms with Gasteiger partial charge in [-0.05, 0) is 25.8 Å². The highest BCUT2D eigenvalue weighted by Crippen LogP contribution is 2.16. The number of nitrogens with zero attached hydrogens (tertiary/aromatic N) is 1. The molecule has 0 aliphatic heterocycles. The highest BCUT2D eigenvalue weighted by atomic mass is 32.2. The van der Waals surface area contributed by atoms with Gasteiger partial charge >= 0.3 is 0 Å². The van der Waals surface area contributed by atoms with Crippen molar-refractivity contribution in [3.63, 3.8) is 0 Å². The van der Waals surface area contributed by atoms with Crippen molar-refractivity contribution in [3.8, 4) is 0 Å². The Hall–Kier alpha value is -0.810. The molecule has 0 aromatic carbocycles. The molecule has 0 saturated heterocycles. The van der Waals surface area contributed by atoms with Crippen LogP contribution in [0.5, 0.6) is 0 Å². The van der Waals surface area contributed by atoms with Gasteiger partial charge in [0.15, 0.2) is 5.16 Å². The number of aromatic amines is 1. The molecule has 4 nitrogen and oxygen atoms in total. The molecule has 1 atom stereocenters. The lowest BCUT2D eigenvalue weighted by Gasteiger charge is -2.21. The molecule has 1 rings (SSSR count). The van der Waals surface area contributed by atoms with Crippen molar-refractivity contribution in [1.82, 2.24) is 15.3 Å². The Morgan fingerprint density at radius 1 is 1.50 bits per heavy atom. The fourth-order valence-electron chi connectivity index (χ4n) is 1.61. The summed E-state index contributed by atoms with van der Waals surface area (Å²) >= 11 is 1.61. The smallest absolute Gasteiger partial charge is 0.251 e. The zero-order valence-corrected chi connectivity index (χ0v) is 12.4. The fourth-order valence-corrected chi connectivity index (χ4v) is 2.83. The average Bonchev–Trinajstić information content (AvgIpc) is 2.27. The van der Waals surface area contributed by atoms with Gasteiger partial charge < -0.3 is 10.3 Å². The highest BCUT2D eigenvalue weighted by molar-refractivity contribution is 7.99. The Balaban J connectivity index is 2.58. The summed E-state index contributed by atoms with van der Waals surface area (Å²) < 4.78 is 0. The van der Waals surface area contributed by atoms with E-state index in [1.165, 1.54) is 6.07 Å². The fraction of sp³-hybridized carbons (Fsp3) is 0.692. The molecule has 0 aliphatic carbocycles. The SMILES string of the molecule is CCCNC(CSc1nc(C)cc(=O)[nH]1)C(C)C. The largest absolute Gasteiger partial charge is 0.313 e. The van der Waals surface area contributed by atoms with E-state index in [4.69, 9.17) is 0 Å². The van der Waals surface area contributed by atoms with E-state index in [-0.39, 0.29) is 5.56 Å². The third-order valence-corrected chi connectivity index (χ3v) is 3.70. The normalized spacial score (nSPS) is 12.9. The lowest BCUT2D eigenvalue weighted by Crippen LogP contribution is -2.36. The van der Waals surface area contributed by atoms with Crippen molar-refractivity contribution in [1.29, 1.82) is 0 Å². The Morgan fingerprint density at radius 3 is 2.78 bits per heavy atom.